The van der Waals surface area contributed by atoms with Gasteiger partial charge in [0.05, 0.1) is 22.8 Å². The first-order valence-corrected chi connectivity index (χ1v) is 8.92. The van der Waals surface area contributed by atoms with Crippen molar-refractivity contribution in [1.29, 1.82) is 0 Å². The number of hydrogen-bond acceptors (Lipinski definition) is 2. The molecule has 1 amide bonds. The number of halogens is 1. The molecule has 3 rings (SSSR count). The van der Waals surface area contributed by atoms with E-state index in [1.807, 2.05) is 53.6 Å². The highest BCUT2D eigenvalue weighted by Crippen LogP contribution is 2.27. The summed E-state index contributed by atoms with van der Waals surface area (Å²) in [5, 5.41) is 0.622. The maximum Gasteiger partial charge on any atom is 0.228 e. The number of aryl methyl sites for hydroxylation is 1. The van der Waals surface area contributed by atoms with Gasteiger partial charge in [0, 0.05) is 24.8 Å². The zero-order valence-corrected chi connectivity index (χ0v) is 15.5. The highest BCUT2D eigenvalue weighted by Gasteiger charge is 2.19. The Morgan fingerprint density at radius 3 is 2.44 bits per heavy atom. The molecular formula is C20H22ClN3O. The van der Waals surface area contributed by atoms with Crippen LogP contribution in [0.3, 0.4) is 0 Å². The first-order chi connectivity index (χ1) is 12.0. The maximum atomic E-state index is 12.7. The zero-order chi connectivity index (χ0) is 18.0. The number of hydrogen-bond donors (Lipinski definition) is 0. The van der Waals surface area contributed by atoms with Crippen LogP contribution >= 0.6 is 11.6 Å². The second kappa shape index (κ2) is 7.28. The van der Waals surface area contributed by atoms with Gasteiger partial charge in [-0.2, -0.15) is 0 Å². The van der Waals surface area contributed by atoms with Crippen LogP contribution in [0.4, 0.5) is 0 Å². The van der Waals surface area contributed by atoms with Crippen LogP contribution in [0.1, 0.15) is 25.1 Å². The van der Waals surface area contributed by atoms with E-state index >= 15 is 0 Å². The highest BCUT2D eigenvalue weighted by molar-refractivity contribution is 6.30. The summed E-state index contributed by atoms with van der Waals surface area (Å²) in [5.41, 5.74) is 4.70. The lowest BCUT2D eigenvalue weighted by atomic mass is 10.1. The molecule has 0 aliphatic heterocycles. The predicted octanol–water partition coefficient (Wildman–Crippen LogP) is 4.37. The second-order valence-electron chi connectivity index (χ2n) is 6.09. The van der Waals surface area contributed by atoms with Crippen molar-refractivity contribution in [3.63, 3.8) is 0 Å². The molecule has 4 nitrogen and oxygen atoms in total. The SMILES string of the molecule is CCN(CC)C(=O)Cc1c(-c2ccc(C)cc2)nc2ccc(Cl)cn12. The van der Waals surface area contributed by atoms with Crippen molar-refractivity contribution < 1.29 is 4.79 Å². The number of rotatable bonds is 5. The van der Waals surface area contributed by atoms with E-state index in [1.165, 1.54) is 5.56 Å². The van der Waals surface area contributed by atoms with Gasteiger partial charge in [-0.1, -0.05) is 41.4 Å². The average molecular weight is 356 g/mol. The molecule has 0 saturated carbocycles. The quantitative estimate of drug-likeness (QED) is 0.681. The molecule has 2 aromatic heterocycles. The minimum atomic E-state index is 0.0973. The molecular weight excluding hydrogens is 334 g/mol. The second-order valence-corrected chi connectivity index (χ2v) is 6.53. The average Bonchev–Trinajstić information content (AvgIpc) is 2.94. The minimum Gasteiger partial charge on any atom is -0.343 e. The van der Waals surface area contributed by atoms with E-state index in [4.69, 9.17) is 16.6 Å². The number of likely N-dealkylation sites (N-methyl/N-ethyl adjacent to an activating group) is 1. The first-order valence-electron chi connectivity index (χ1n) is 8.54. The molecule has 130 valence electrons. The summed E-state index contributed by atoms with van der Waals surface area (Å²) < 4.78 is 1.93. The van der Waals surface area contributed by atoms with Crippen molar-refractivity contribution in [2.45, 2.75) is 27.2 Å². The molecule has 0 atom stereocenters. The number of fused-ring (bicyclic) bond motifs is 1. The number of nitrogens with zero attached hydrogens (tertiary/aromatic N) is 3. The van der Waals surface area contributed by atoms with Gasteiger partial charge in [0.1, 0.15) is 5.65 Å². The van der Waals surface area contributed by atoms with Gasteiger partial charge >= 0.3 is 0 Å². The normalized spacial score (nSPS) is 11.0. The molecule has 0 aliphatic carbocycles. The molecule has 0 aliphatic rings. The monoisotopic (exact) mass is 355 g/mol. The fourth-order valence-electron chi connectivity index (χ4n) is 3.01. The van der Waals surface area contributed by atoms with Gasteiger partial charge in [-0.25, -0.2) is 4.98 Å². The number of carbonyl (C=O) groups is 1. The maximum absolute atomic E-state index is 12.7. The number of amides is 1. The van der Waals surface area contributed by atoms with E-state index in [0.29, 0.717) is 24.5 Å². The summed E-state index contributed by atoms with van der Waals surface area (Å²) in [6, 6.07) is 11.9. The number of imidazole rings is 1. The molecule has 0 fully saturated rings. The standard InChI is InChI=1S/C20H22ClN3O/c1-4-23(5-2)19(25)12-17-20(15-8-6-14(3)7-9-15)22-18-11-10-16(21)13-24(17)18/h6-11,13H,4-5,12H2,1-3H3. The molecule has 0 radical (unpaired) electrons. The Bertz CT molecular complexity index is 895. The smallest absolute Gasteiger partial charge is 0.228 e. The Hall–Kier alpha value is -2.33. The minimum absolute atomic E-state index is 0.0973. The molecule has 0 N–H and O–H groups in total. The number of pyridine rings is 1. The van der Waals surface area contributed by atoms with E-state index in [9.17, 15) is 4.79 Å². The summed E-state index contributed by atoms with van der Waals surface area (Å²) in [6.07, 6.45) is 2.12. The summed E-state index contributed by atoms with van der Waals surface area (Å²) in [6.45, 7) is 7.44. The predicted molar refractivity (Wildman–Crippen MR) is 102 cm³/mol. The first kappa shape index (κ1) is 17.5. The molecule has 0 spiro atoms. The van der Waals surface area contributed by atoms with E-state index in [2.05, 4.69) is 19.1 Å². The van der Waals surface area contributed by atoms with Gasteiger partial charge in [-0.05, 0) is 32.9 Å². The van der Waals surface area contributed by atoms with Crippen LogP contribution in [-0.2, 0) is 11.2 Å². The fourth-order valence-corrected chi connectivity index (χ4v) is 3.17. The Morgan fingerprint density at radius 1 is 1.12 bits per heavy atom. The number of aromatic nitrogens is 2. The third-order valence-corrected chi connectivity index (χ3v) is 4.66. The van der Waals surface area contributed by atoms with E-state index in [0.717, 1.165) is 22.6 Å². The van der Waals surface area contributed by atoms with Crippen LogP contribution in [0.15, 0.2) is 42.6 Å². The molecule has 5 heteroatoms. The molecule has 2 heterocycles. The lowest BCUT2D eigenvalue weighted by Crippen LogP contribution is -2.32. The Labute approximate surface area is 153 Å². The molecule has 25 heavy (non-hydrogen) atoms. The highest BCUT2D eigenvalue weighted by atomic mass is 35.5. The van der Waals surface area contributed by atoms with E-state index in [1.54, 1.807) is 0 Å². The van der Waals surface area contributed by atoms with Crippen molar-refractivity contribution in [3.8, 4) is 11.3 Å². The van der Waals surface area contributed by atoms with Crippen LogP contribution in [0.5, 0.6) is 0 Å². The topological polar surface area (TPSA) is 37.6 Å². The van der Waals surface area contributed by atoms with Crippen molar-refractivity contribution in [3.05, 3.63) is 58.9 Å². The Kier molecular flexibility index (Phi) is 5.09. The van der Waals surface area contributed by atoms with Crippen LogP contribution < -0.4 is 0 Å². The van der Waals surface area contributed by atoms with Crippen LogP contribution in [0.2, 0.25) is 5.02 Å². The third kappa shape index (κ3) is 3.54. The number of carbonyl (C=O) groups excluding carboxylic acids is 1. The fraction of sp³-hybridized carbons (Fsp3) is 0.300. The third-order valence-electron chi connectivity index (χ3n) is 4.44. The summed E-state index contributed by atoms with van der Waals surface area (Å²) >= 11 is 6.18. The number of benzene rings is 1. The van der Waals surface area contributed by atoms with Gasteiger partial charge < -0.3 is 9.30 Å². The van der Waals surface area contributed by atoms with Crippen LogP contribution in [0.25, 0.3) is 16.9 Å². The summed E-state index contributed by atoms with van der Waals surface area (Å²) in [5.74, 6) is 0.0973. The largest absolute Gasteiger partial charge is 0.343 e. The van der Waals surface area contributed by atoms with E-state index < -0.39 is 0 Å². The van der Waals surface area contributed by atoms with Gasteiger partial charge in [0.15, 0.2) is 0 Å². The van der Waals surface area contributed by atoms with Gasteiger partial charge in [-0.3, -0.25) is 4.79 Å². The van der Waals surface area contributed by atoms with Crippen molar-refractivity contribution in [2.24, 2.45) is 0 Å². The molecule has 3 aromatic rings. The molecule has 0 unspecified atom stereocenters. The van der Waals surface area contributed by atoms with Gasteiger partial charge in [0.25, 0.3) is 0 Å². The Balaban J connectivity index is 2.12. The molecule has 1 aromatic carbocycles. The van der Waals surface area contributed by atoms with Crippen LogP contribution in [-0.4, -0.2) is 33.3 Å². The summed E-state index contributed by atoms with van der Waals surface area (Å²) in [4.78, 5) is 19.3. The lowest BCUT2D eigenvalue weighted by molar-refractivity contribution is -0.130. The van der Waals surface area contributed by atoms with Crippen molar-refractivity contribution >= 4 is 23.2 Å². The molecule has 0 bridgehead atoms. The molecule has 0 saturated heterocycles. The zero-order valence-electron chi connectivity index (χ0n) is 14.8. The van der Waals surface area contributed by atoms with Crippen molar-refractivity contribution in [2.75, 3.05) is 13.1 Å². The van der Waals surface area contributed by atoms with Crippen molar-refractivity contribution in [1.82, 2.24) is 14.3 Å². The lowest BCUT2D eigenvalue weighted by Gasteiger charge is -2.18. The summed E-state index contributed by atoms with van der Waals surface area (Å²) in [7, 11) is 0. The van der Waals surface area contributed by atoms with E-state index in [-0.39, 0.29) is 5.91 Å². The van der Waals surface area contributed by atoms with Gasteiger partial charge in [0.2, 0.25) is 5.91 Å². The van der Waals surface area contributed by atoms with Gasteiger partial charge in [-0.15, -0.1) is 0 Å². The van der Waals surface area contributed by atoms with Crippen LogP contribution in [0, 0.1) is 6.92 Å². The Morgan fingerprint density at radius 2 is 1.80 bits per heavy atom.